The van der Waals surface area contributed by atoms with E-state index in [9.17, 15) is 4.79 Å². The Balaban J connectivity index is 1.76. The molecule has 144 valence electrons. The number of amides is 1. The average molecular weight is 394 g/mol. The molecule has 5 nitrogen and oxygen atoms in total. The molecule has 6 heteroatoms. The number of rotatable bonds is 5. The number of ether oxygens (including phenoxy) is 2. The minimum atomic E-state index is -0.242. The zero-order valence-corrected chi connectivity index (χ0v) is 16.7. The summed E-state index contributed by atoms with van der Waals surface area (Å²) in [4.78, 5) is 19.7. The van der Waals surface area contributed by atoms with Gasteiger partial charge in [-0.25, -0.2) is 4.98 Å². The standard InChI is InChI=1S/C22H22N2O3S/c1-15(2)17-9-6-10-19-20(17)23-22(28-19)24(13-16-7-4-3-5-8-16)21(25)18-14-26-11-12-27-18/h3-10,14-15H,11-13H2,1-2H3. The molecule has 1 amide bonds. The summed E-state index contributed by atoms with van der Waals surface area (Å²) < 4.78 is 11.9. The Labute approximate surface area is 168 Å². The van der Waals surface area contributed by atoms with E-state index in [1.54, 1.807) is 4.90 Å². The molecule has 1 aliphatic rings. The lowest BCUT2D eigenvalue weighted by atomic mass is 10.0. The second kappa shape index (κ2) is 8.02. The van der Waals surface area contributed by atoms with Crippen LogP contribution in [0.5, 0.6) is 0 Å². The normalized spacial score (nSPS) is 13.8. The summed E-state index contributed by atoms with van der Waals surface area (Å²) in [6.07, 6.45) is 1.40. The fourth-order valence-electron chi connectivity index (χ4n) is 3.15. The van der Waals surface area contributed by atoms with E-state index in [4.69, 9.17) is 14.5 Å². The van der Waals surface area contributed by atoms with Crippen LogP contribution in [0.25, 0.3) is 10.2 Å². The highest BCUT2D eigenvalue weighted by molar-refractivity contribution is 7.22. The Morgan fingerprint density at radius 1 is 1.14 bits per heavy atom. The maximum absolute atomic E-state index is 13.2. The van der Waals surface area contributed by atoms with Gasteiger partial charge in [-0.05, 0) is 23.1 Å². The largest absolute Gasteiger partial charge is 0.494 e. The van der Waals surface area contributed by atoms with Crippen LogP contribution in [0.3, 0.4) is 0 Å². The van der Waals surface area contributed by atoms with Gasteiger partial charge in [0.25, 0.3) is 5.91 Å². The first-order valence-electron chi connectivity index (χ1n) is 9.33. The molecule has 1 aliphatic heterocycles. The molecule has 0 spiro atoms. The molecule has 3 aromatic rings. The van der Waals surface area contributed by atoms with Crippen molar-refractivity contribution in [1.29, 1.82) is 0 Å². The predicted octanol–water partition coefficient (Wildman–Crippen LogP) is 4.84. The molecule has 0 saturated carbocycles. The minimum absolute atomic E-state index is 0.213. The molecule has 4 rings (SSSR count). The lowest BCUT2D eigenvalue weighted by molar-refractivity contribution is -0.119. The number of carbonyl (C=O) groups is 1. The average Bonchev–Trinajstić information content (AvgIpc) is 3.16. The van der Waals surface area contributed by atoms with Gasteiger partial charge in [0, 0.05) is 0 Å². The Bertz CT molecular complexity index is 1010. The second-order valence-electron chi connectivity index (χ2n) is 6.92. The minimum Gasteiger partial charge on any atom is -0.494 e. The zero-order chi connectivity index (χ0) is 19.5. The molecule has 0 bridgehead atoms. The number of carbonyl (C=O) groups excluding carboxylic acids is 1. The third-order valence-electron chi connectivity index (χ3n) is 4.58. The monoisotopic (exact) mass is 394 g/mol. The number of nitrogens with zero attached hydrogens (tertiary/aromatic N) is 2. The second-order valence-corrected chi connectivity index (χ2v) is 7.93. The Morgan fingerprint density at radius 2 is 1.96 bits per heavy atom. The lowest BCUT2D eigenvalue weighted by Gasteiger charge is -2.23. The fourth-order valence-corrected chi connectivity index (χ4v) is 4.14. The van der Waals surface area contributed by atoms with Gasteiger partial charge in [-0.3, -0.25) is 9.69 Å². The fraction of sp³-hybridized carbons (Fsp3) is 0.273. The van der Waals surface area contributed by atoms with Crippen molar-refractivity contribution in [3.8, 4) is 0 Å². The molecule has 0 aliphatic carbocycles. The van der Waals surface area contributed by atoms with Crippen molar-refractivity contribution in [3.05, 3.63) is 71.7 Å². The number of thiazole rings is 1. The van der Waals surface area contributed by atoms with Gasteiger partial charge in [0.1, 0.15) is 19.5 Å². The summed E-state index contributed by atoms with van der Waals surface area (Å²) >= 11 is 1.52. The smallest absolute Gasteiger partial charge is 0.298 e. The topological polar surface area (TPSA) is 51.7 Å². The molecular formula is C22H22N2O3S. The molecule has 2 aromatic carbocycles. The van der Waals surface area contributed by atoms with Gasteiger partial charge in [0.05, 0.1) is 16.8 Å². The van der Waals surface area contributed by atoms with Crippen LogP contribution in [0.4, 0.5) is 5.13 Å². The van der Waals surface area contributed by atoms with E-state index in [1.165, 1.54) is 23.2 Å². The number of aromatic nitrogens is 1. The summed E-state index contributed by atoms with van der Waals surface area (Å²) in [6, 6.07) is 16.1. The van der Waals surface area contributed by atoms with Gasteiger partial charge in [0.15, 0.2) is 5.13 Å². The van der Waals surface area contributed by atoms with Crippen LogP contribution < -0.4 is 4.90 Å². The van der Waals surface area contributed by atoms with E-state index in [-0.39, 0.29) is 11.7 Å². The maximum atomic E-state index is 13.2. The molecule has 0 atom stereocenters. The van der Waals surface area contributed by atoms with Gasteiger partial charge in [-0.15, -0.1) is 0 Å². The zero-order valence-electron chi connectivity index (χ0n) is 15.9. The molecule has 0 saturated heterocycles. The number of benzene rings is 2. The van der Waals surface area contributed by atoms with Crippen molar-refractivity contribution < 1.29 is 14.3 Å². The van der Waals surface area contributed by atoms with Crippen LogP contribution in [-0.2, 0) is 20.8 Å². The van der Waals surface area contributed by atoms with E-state index in [2.05, 4.69) is 19.9 Å². The molecule has 0 fully saturated rings. The Morgan fingerprint density at radius 3 is 2.68 bits per heavy atom. The van der Waals surface area contributed by atoms with Crippen LogP contribution in [0.1, 0.15) is 30.9 Å². The summed E-state index contributed by atoms with van der Waals surface area (Å²) in [5.41, 5.74) is 3.17. The highest BCUT2D eigenvalue weighted by atomic mass is 32.1. The third kappa shape index (κ3) is 3.73. The lowest BCUT2D eigenvalue weighted by Crippen LogP contribution is -2.33. The van der Waals surface area contributed by atoms with Crippen LogP contribution in [0.2, 0.25) is 0 Å². The Kier molecular flexibility index (Phi) is 5.30. The molecule has 2 heterocycles. The van der Waals surface area contributed by atoms with Crippen LogP contribution in [-0.4, -0.2) is 24.1 Å². The number of hydrogen-bond acceptors (Lipinski definition) is 5. The van der Waals surface area contributed by atoms with Crippen molar-refractivity contribution in [2.45, 2.75) is 26.3 Å². The van der Waals surface area contributed by atoms with Crippen LogP contribution in [0.15, 0.2) is 60.6 Å². The van der Waals surface area contributed by atoms with Crippen molar-refractivity contribution in [3.63, 3.8) is 0 Å². The van der Waals surface area contributed by atoms with Crippen molar-refractivity contribution in [2.75, 3.05) is 18.1 Å². The predicted molar refractivity (Wildman–Crippen MR) is 111 cm³/mol. The highest BCUT2D eigenvalue weighted by Gasteiger charge is 2.27. The van der Waals surface area contributed by atoms with Crippen molar-refractivity contribution in [1.82, 2.24) is 4.98 Å². The van der Waals surface area contributed by atoms with E-state index >= 15 is 0 Å². The summed E-state index contributed by atoms with van der Waals surface area (Å²) in [5, 5.41) is 0.659. The molecule has 1 aromatic heterocycles. The van der Waals surface area contributed by atoms with Gasteiger partial charge < -0.3 is 9.47 Å². The van der Waals surface area contributed by atoms with Gasteiger partial charge in [-0.1, -0.05) is 67.6 Å². The van der Waals surface area contributed by atoms with E-state index in [0.29, 0.717) is 30.8 Å². The third-order valence-corrected chi connectivity index (χ3v) is 5.62. The number of para-hydroxylation sites is 1. The van der Waals surface area contributed by atoms with Gasteiger partial charge >= 0.3 is 0 Å². The molecule has 28 heavy (non-hydrogen) atoms. The van der Waals surface area contributed by atoms with E-state index in [0.717, 1.165) is 15.8 Å². The van der Waals surface area contributed by atoms with Crippen molar-refractivity contribution >= 4 is 32.6 Å². The van der Waals surface area contributed by atoms with Crippen molar-refractivity contribution in [2.24, 2.45) is 0 Å². The van der Waals surface area contributed by atoms with E-state index < -0.39 is 0 Å². The van der Waals surface area contributed by atoms with Crippen LogP contribution in [0, 0.1) is 0 Å². The SMILES string of the molecule is CC(C)c1cccc2sc(N(Cc3ccccc3)C(=O)C3=COCCO3)nc12. The summed E-state index contributed by atoms with van der Waals surface area (Å²) in [5.74, 6) is 0.328. The Hall–Kier alpha value is -2.86. The van der Waals surface area contributed by atoms with Gasteiger partial charge in [0.2, 0.25) is 5.76 Å². The number of fused-ring (bicyclic) bond motifs is 1. The van der Waals surface area contributed by atoms with Crippen LogP contribution >= 0.6 is 11.3 Å². The van der Waals surface area contributed by atoms with E-state index in [1.807, 2.05) is 42.5 Å². The first kappa shape index (κ1) is 18.5. The maximum Gasteiger partial charge on any atom is 0.298 e. The molecular weight excluding hydrogens is 372 g/mol. The first-order valence-corrected chi connectivity index (χ1v) is 10.1. The quantitative estimate of drug-likeness (QED) is 0.621. The first-order chi connectivity index (χ1) is 13.6. The molecule has 0 N–H and O–H groups in total. The number of hydrogen-bond donors (Lipinski definition) is 0. The highest BCUT2D eigenvalue weighted by Crippen LogP contribution is 2.34. The molecule has 0 radical (unpaired) electrons. The van der Waals surface area contributed by atoms with Gasteiger partial charge in [-0.2, -0.15) is 0 Å². The summed E-state index contributed by atoms with van der Waals surface area (Å²) in [7, 11) is 0. The summed E-state index contributed by atoms with van der Waals surface area (Å²) in [6.45, 7) is 5.54. The molecule has 0 unspecified atom stereocenters. The number of anilines is 1.